The first kappa shape index (κ1) is 17.8. The fourth-order valence-electron chi connectivity index (χ4n) is 3.16. The summed E-state index contributed by atoms with van der Waals surface area (Å²) in [6.07, 6.45) is 9.09. The minimum Gasteiger partial charge on any atom is -0.492 e. The number of hydrogen-bond acceptors (Lipinski definition) is 3. The Balaban J connectivity index is 1.61. The van der Waals surface area contributed by atoms with Gasteiger partial charge >= 0.3 is 0 Å². The quantitative estimate of drug-likeness (QED) is 0.785. The molecule has 128 valence electrons. The molecule has 0 aliphatic heterocycles. The molecule has 0 atom stereocenters. The van der Waals surface area contributed by atoms with Crippen molar-refractivity contribution in [3.05, 3.63) is 30.3 Å². The molecule has 0 heterocycles. The third kappa shape index (κ3) is 7.04. The molecule has 1 aliphatic carbocycles. The van der Waals surface area contributed by atoms with Crippen molar-refractivity contribution in [2.24, 2.45) is 0 Å². The molecule has 0 saturated heterocycles. The summed E-state index contributed by atoms with van der Waals surface area (Å²) >= 11 is 0. The van der Waals surface area contributed by atoms with E-state index in [1.54, 1.807) is 0 Å². The summed E-state index contributed by atoms with van der Waals surface area (Å²) in [6, 6.07) is 10.2. The first-order chi connectivity index (χ1) is 11.3. The lowest BCUT2D eigenvalue weighted by molar-refractivity contribution is -0.122. The van der Waals surface area contributed by atoms with Gasteiger partial charge in [-0.2, -0.15) is 0 Å². The van der Waals surface area contributed by atoms with Crippen LogP contribution in [0.3, 0.4) is 0 Å². The Morgan fingerprint density at radius 1 is 1.13 bits per heavy atom. The Hall–Kier alpha value is -1.55. The van der Waals surface area contributed by atoms with Gasteiger partial charge in [-0.05, 0) is 32.0 Å². The van der Waals surface area contributed by atoms with Gasteiger partial charge in [0.1, 0.15) is 12.4 Å². The maximum Gasteiger partial charge on any atom is 0.234 e. The van der Waals surface area contributed by atoms with Crippen LogP contribution in [0.4, 0.5) is 0 Å². The third-order valence-corrected chi connectivity index (χ3v) is 4.53. The molecule has 0 spiro atoms. The molecule has 1 aromatic carbocycles. The number of para-hydroxylation sites is 1. The summed E-state index contributed by atoms with van der Waals surface area (Å²) < 4.78 is 5.58. The minimum absolute atomic E-state index is 0.0891. The molecule has 0 aromatic heterocycles. The van der Waals surface area contributed by atoms with Crippen molar-refractivity contribution in [3.8, 4) is 5.75 Å². The third-order valence-electron chi connectivity index (χ3n) is 4.53. The molecule has 23 heavy (non-hydrogen) atoms. The molecular formula is C19H30N2O2. The molecule has 1 N–H and O–H groups in total. The lowest BCUT2D eigenvalue weighted by atomic mass is 9.96. The molecule has 1 aliphatic rings. The first-order valence-corrected chi connectivity index (χ1v) is 8.90. The number of nitrogens with zero attached hydrogens (tertiary/aromatic N) is 1. The number of likely N-dealkylation sites (N-methyl/N-ethyl adjacent to an activating group) is 1. The number of nitrogens with one attached hydrogen (secondary N) is 1. The van der Waals surface area contributed by atoms with Crippen molar-refractivity contribution in [2.45, 2.75) is 51.0 Å². The Labute approximate surface area is 140 Å². The monoisotopic (exact) mass is 318 g/mol. The van der Waals surface area contributed by atoms with Crippen LogP contribution in [0.25, 0.3) is 0 Å². The van der Waals surface area contributed by atoms with E-state index in [1.165, 1.54) is 44.9 Å². The van der Waals surface area contributed by atoms with E-state index in [4.69, 9.17) is 4.74 Å². The standard InChI is InChI=1S/C19H30N2O2/c1-21(17-10-6-3-2-4-7-11-17)16-19(22)20-14-15-23-18-12-8-5-9-13-18/h5,8-9,12-13,17H,2-4,6-7,10-11,14-16H2,1H3,(H,20,22). The molecule has 2 rings (SSSR count). The predicted molar refractivity (Wildman–Crippen MR) is 93.7 cm³/mol. The Bertz CT molecular complexity index is 442. The second-order valence-corrected chi connectivity index (χ2v) is 6.43. The minimum atomic E-state index is 0.0891. The smallest absolute Gasteiger partial charge is 0.234 e. The highest BCUT2D eigenvalue weighted by atomic mass is 16.5. The lowest BCUT2D eigenvalue weighted by Crippen LogP contribution is -2.41. The van der Waals surface area contributed by atoms with Gasteiger partial charge < -0.3 is 10.1 Å². The van der Waals surface area contributed by atoms with E-state index in [0.717, 1.165) is 5.75 Å². The Morgan fingerprint density at radius 2 is 1.78 bits per heavy atom. The van der Waals surface area contributed by atoms with Gasteiger partial charge in [-0.3, -0.25) is 9.69 Å². The Morgan fingerprint density at radius 3 is 2.48 bits per heavy atom. The maximum atomic E-state index is 12.1. The zero-order valence-corrected chi connectivity index (χ0v) is 14.3. The van der Waals surface area contributed by atoms with Gasteiger partial charge in [0.05, 0.1) is 13.1 Å². The van der Waals surface area contributed by atoms with Crippen LogP contribution in [0, 0.1) is 0 Å². The highest BCUT2D eigenvalue weighted by molar-refractivity contribution is 5.77. The van der Waals surface area contributed by atoms with Crippen molar-refractivity contribution in [1.82, 2.24) is 10.2 Å². The number of rotatable bonds is 7. The van der Waals surface area contributed by atoms with E-state index in [-0.39, 0.29) is 5.91 Å². The van der Waals surface area contributed by atoms with Gasteiger partial charge in [-0.25, -0.2) is 0 Å². The van der Waals surface area contributed by atoms with Gasteiger partial charge in [-0.1, -0.05) is 50.3 Å². The molecule has 4 heteroatoms. The molecule has 0 unspecified atom stereocenters. The zero-order chi connectivity index (χ0) is 16.3. The highest BCUT2D eigenvalue weighted by Crippen LogP contribution is 2.20. The van der Waals surface area contributed by atoms with Crippen molar-refractivity contribution in [1.29, 1.82) is 0 Å². The van der Waals surface area contributed by atoms with Crippen LogP contribution in [0.2, 0.25) is 0 Å². The number of amides is 1. The molecule has 1 amide bonds. The fourth-order valence-corrected chi connectivity index (χ4v) is 3.16. The maximum absolute atomic E-state index is 12.1. The van der Waals surface area contributed by atoms with Crippen molar-refractivity contribution in [2.75, 3.05) is 26.7 Å². The van der Waals surface area contributed by atoms with Gasteiger partial charge in [0.25, 0.3) is 0 Å². The Kier molecular flexibility index (Phi) is 7.95. The van der Waals surface area contributed by atoms with Crippen molar-refractivity contribution < 1.29 is 9.53 Å². The summed E-state index contributed by atoms with van der Waals surface area (Å²) in [5.74, 6) is 0.930. The molecule has 0 bridgehead atoms. The van der Waals surface area contributed by atoms with E-state index in [2.05, 4.69) is 17.3 Å². The summed E-state index contributed by atoms with van der Waals surface area (Å²) in [5.41, 5.74) is 0. The summed E-state index contributed by atoms with van der Waals surface area (Å²) in [7, 11) is 2.08. The molecule has 1 saturated carbocycles. The van der Waals surface area contributed by atoms with E-state index < -0.39 is 0 Å². The van der Waals surface area contributed by atoms with E-state index in [1.807, 2.05) is 30.3 Å². The van der Waals surface area contributed by atoms with Crippen LogP contribution in [0.15, 0.2) is 30.3 Å². The number of ether oxygens (including phenoxy) is 1. The predicted octanol–water partition coefficient (Wildman–Crippen LogP) is 3.23. The average Bonchev–Trinajstić information content (AvgIpc) is 2.52. The second kappa shape index (κ2) is 10.3. The largest absolute Gasteiger partial charge is 0.492 e. The molecule has 0 radical (unpaired) electrons. The van der Waals surface area contributed by atoms with Crippen molar-refractivity contribution in [3.63, 3.8) is 0 Å². The van der Waals surface area contributed by atoms with Crippen LogP contribution >= 0.6 is 0 Å². The summed E-state index contributed by atoms with van der Waals surface area (Å²) in [4.78, 5) is 14.3. The summed E-state index contributed by atoms with van der Waals surface area (Å²) in [6.45, 7) is 1.53. The normalized spacial score (nSPS) is 16.6. The number of carbonyl (C=O) groups is 1. The first-order valence-electron chi connectivity index (χ1n) is 8.90. The van der Waals surface area contributed by atoms with E-state index in [9.17, 15) is 4.79 Å². The molecule has 4 nitrogen and oxygen atoms in total. The van der Waals surface area contributed by atoms with Crippen LogP contribution in [0.1, 0.15) is 44.9 Å². The topological polar surface area (TPSA) is 41.6 Å². The van der Waals surface area contributed by atoms with Gasteiger partial charge in [-0.15, -0.1) is 0 Å². The summed E-state index contributed by atoms with van der Waals surface area (Å²) in [5, 5.41) is 2.95. The van der Waals surface area contributed by atoms with Crippen LogP contribution < -0.4 is 10.1 Å². The number of benzene rings is 1. The molecular weight excluding hydrogens is 288 g/mol. The number of carbonyl (C=O) groups excluding carboxylic acids is 1. The SMILES string of the molecule is CN(CC(=O)NCCOc1ccccc1)C1CCCCCCC1. The number of hydrogen-bond donors (Lipinski definition) is 1. The highest BCUT2D eigenvalue weighted by Gasteiger charge is 2.18. The fraction of sp³-hybridized carbons (Fsp3) is 0.632. The second-order valence-electron chi connectivity index (χ2n) is 6.43. The van der Waals surface area contributed by atoms with Crippen molar-refractivity contribution >= 4 is 5.91 Å². The van der Waals surface area contributed by atoms with Gasteiger partial charge in [0.15, 0.2) is 0 Å². The van der Waals surface area contributed by atoms with Gasteiger partial charge in [0, 0.05) is 6.04 Å². The van der Waals surface area contributed by atoms with Crippen LogP contribution in [-0.2, 0) is 4.79 Å². The van der Waals surface area contributed by atoms with Gasteiger partial charge in [0.2, 0.25) is 5.91 Å². The van der Waals surface area contributed by atoms with E-state index >= 15 is 0 Å². The van der Waals surface area contributed by atoms with Crippen LogP contribution in [0.5, 0.6) is 5.75 Å². The molecule has 1 aromatic rings. The molecule has 1 fully saturated rings. The average molecular weight is 318 g/mol. The lowest BCUT2D eigenvalue weighted by Gasteiger charge is -2.29. The van der Waals surface area contributed by atoms with Crippen LogP contribution in [-0.4, -0.2) is 43.6 Å². The zero-order valence-electron chi connectivity index (χ0n) is 14.3. The van der Waals surface area contributed by atoms with E-state index in [0.29, 0.717) is 25.7 Å².